The second-order valence-corrected chi connectivity index (χ2v) is 6.74. The number of aliphatic hydroxyl groups excluding tert-OH is 1. The monoisotopic (exact) mass is 409 g/mol. The summed E-state index contributed by atoms with van der Waals surface area (Å²) in [5.41, 5.74) is 4.86. The molecule has 1 aliphatic heterocycles. The molecule has 7 nitrogen and oxygen atoms in total. The Balaban J connectivity index is 2.33. The Labute approximate surface area is 164 Å². The average molecular weight is 410 g/mol. The van der Waals surface area contributed by atoms with Crippen LogP contribution < -0.4 is 15.9 Å². The Bertz CT molecular complexity index is 1010. The van der Waals surface area contributed by atoms with Gasteiger partial charge in [0.2, 0.25) is 17.1 Å². The van der Waals surface area contributed by atoms with Crippen molar-refractivity contribution in [2.75, 3.05) is 0 Å². The summed E-state index contributed by atoms with van der Waals surface area (Å²) < 4.78 is 30.8. The first-order valence-electron chi connectivity index (χ1n) is 8.34. The zero-order chi connectivity index (χ0) is 20.6. The van der Waals surface area contributed by atoms with Crippen LogP contribution in [0.15, 0.2) is 44.9 Å². The third-order valence-electron chi connectivity index (χ3n) is 4.02. The molecule has 1 atom stereocenters. The molecule has 0 unspecified atom stereocenters. The largest absolute Gasteiger partial charge is 0.459 e. The van der Waals surface area contributed by atoms with Crippen molar-refractivity contribution in [1.82, 2.24) is 0 Å². The smallest absolute Gasteiger partial charge is 0.340 e. The minimum absolute atomic E-state index is 0.0162. The lowest BCUT2D eigenvalue weighted by molar-refractivity contribution is -0.143. The molecule has 0 bridgehead atoms. The highest BCUT2D eigenvalue weighted by atomic mass is 35.5. The van der Waals surface area contributed by atoms with Crippen molar-refractivity contribution in [1.29, 1.82) is 0 Å². The van der Waals surface area contributed by atoms with Crippen molar-refractivity contribution in [2.24, 2.45) is 5.73 Å². The normalized spacial score (nSPS) is 16.0. The molecule has 3 N–H and O–H groups in total. The minimum Gasteiger partial charge on any atom is -0.459 e. The van der Waals surface area contributed by atoms with Crippen LogP contribution in [0.25, 0.3) is 0 Å². The molecule has 0 spiro atoms. The number of fused-ring (bicyclic) bond motifs is 1. The van der Waals surface area contributed by atoms with Crippen molar-refractivity contribution < 1.29 is 28.2 Å². The third-order valence-corrected chi connectivity index (χ3v) is 4.35. The molecule has 1 aromatic carbocycles. The van der Waals surface area contributed by atoms with E-state index in [0.717, 1.165) is 12.1 Å². The van der Waals surface area contributed by atoms with E-state index >= 15 is 0 Å². The fraction of sp³-hybridized carbons (Fsp3) is 0.263. The quantitative estimate of drug-likeness (QED) is 0.746. The van der Waals surface area contributed by atoms with Crippen LogP contribution in [0.3, 0.4) is 0 Å². The highest BCUT2D eigenvalue weighted by Gasteiger charge is 2.41. The van der Waals surface area contributed by atoms with Crippen molar-refractivity contribution >= 4 is 17.6 Å². The number of halogens is 2. The number of esters is 1. The van der Waals surface area contributed by atoms with E-state index < -0.39 is 41.7 Å². The number of aliphatic hydroxyl groups is 1. The molecule has 3 rings (SSSR count). The Kier molecular flexibility index (Phi) is 5.44. The molecule has 148 valence electrons. The van der Waals surface area contributed by atoms with Crippen molar-refractivity contribution in [2.45, 2.75) is 32.5 Å². The van der Waals surface area contributed by atoms with Gasteiger partial charge < -0.3 is 24.7 Å². The maximum absolute atomic E-state index is 14.7. The van der Waals surface area contributed by atoms with E-state index in [-0.39, 0.29) is 33.4 Å². The van der Waals surface area contributed by atoms with Gasteiger partial charge in [0.25, 0.3) is 0 Å². The van der Waals surface area contributed by atoms with Gasteiger partial charge in [0.15, 0.2) is 5.76 Å². The first-order valence-corrected chi connectivity index (χ1v) is 8.72. The summed E-state index contributed by atoms with van der Waals surface area (Å²) in [7, 11) is 0. The molecule has 0 saturated carbocycles. The maximum Gasteiger partial charge on any atom is 0.340 e. The Hall–Kier alpha value is -2.84. The fourth-order valence-corrected chi connectivity index (χ4v) is 3.19. The maximum atomic E-state index is 14.7. The molecule has 1 aliphatic rings. The van der Waals surface area contributed by atoms with Gasteiger partial charge in [-0.3, -0.25) is 4.79 Å². The number of carbonyl (C=O) groups is 1. The van der Waals surface area contributed by atoms with Gasteiger partial charge in [-0.05, 0) is 26.0 Å². The van der Waals surface area contributed by atoms with Gasteiger partial charge in [-0.1, -0.05) is 17.7 Å². The summed E-state index contributed by atoms with van der Waals surface area (Å²) >= 11 is 6.20. The molecule has 1 aromatic heterocycles. The van der Waals surface area contributed by atoms with Crippen LogP contribution in [-0.4, -0.2) is 17.2 Å². The van der Waals surface area contributed by atoms with Crippen LogP contribution in [0.1, 0.15) is 36.8 Å². The summed E-state index contributed by atoms with van der Waals surface area (Å²) in [4.78, 5) is 25.1. The van der Waals surface area contributed by atoms with Crippen molar-refractivity contribution in [3.05, 3.63) is 73.9 Å². The summed E-state index contributed by atoms with van der Waals surface area (Å²) in [6, 6.07) is 4.97. The van der Waals surface area contributed by atoms with Crippen molar-refractivity contribution in [3.8, 4) is 5.75 Å². The van der Waals surface area contributed by atoms with E-state index in [2.05, 4.69) is 0 Å². The molecule has 2 heterocycles. The second-order valence-electron chi connectivity index (χ2n) is 6.33. The van der Waals surface area contributed by atoms with Crippen LogP contribution in [0, 0.1) is 5.82 Å². The summed E-state index contributed by atoms with van der Waals surface area (Å²) in [6.45, 7) is 2.66. The van der Waals surface area contributed by atoms with Crippen molar-refractivity contribution in [3.63, 3.8) is 0 Å². The van der Waals surface area contributed by atoms with E-state index in [9.17, 15) is 19.1 Å². The number of carbonyl (C=O) groups excluding carboxylic acids is 1. The van der Waals surface area contributed by atoms with Crippen LogP contribution >= 0.6 is 11.6 Å². The topological polar surface area (TPSA) is 112 Å². The molecule has 0 saturated heterocycles. The number of nitrogens with two attached hydrogens (primary N) is 1. The van der Waals surface area contributed by atoms with Gasteiger partial charge >= 0.3 is 5.97 Å². The fourth-order valence-electron chi connectivity index (χ4n) is 2.91. The first kappa shape index (κ1) is 19.9. The molecule has 2 aromatic rings. The standard InChI is InChI=1S/C19H17ClFNO6/c1-8(2)26-19(25)15-14(13-10(20)4-3-5-11(13)21)17-16(28-18(15)22)12(24)6-9(7-23)27-17/h3-6,8,14,23H,7,22H2,1-2H3/t14-/m1/s1. The summed E-state index contributed by atoms with van der Waals surface area (Å²) in [5.74, 6) is -3.96. The van der Waals surface area contributed by atoms with Gasteiger partial charge in [0.05, 0.1) is 12.0 Å². The van der Waals surface area contributed by atoms with Crippen LogP contribution in [0.4, 0.5) is 4.39 Å². The van der Waals surface area contributed by atoms with Gasteiger partial charge in [0.1, 0.15) is 23.8 Å². The molecule has 0 amide bonds. The van der Waals surface area contributed by atoms with Crippen LogP contribution in [0.2, 0.25) is 5.02 Å². The summed E-state index contributed by atoms with van der Waals surface area (Å²) in [5, 5.41) is 9.36. The van der Waals surface area contributed by atoms with E-state index in [1.807, 2.05) is 0 Å². The Morgan fingerprint density at radius 3 is 2.75 bits per heavy atom. The Morgan fingerprint density at radius 2 is 2.14 bits per heavy atom. The zero-order valence-corrected chi connectivity index (χ0v) is 15.7. The van der Waals surface area contributed by atoms with Gasteiger partial charge in [0, 0.05) is 16.7 Å². The number of hydrogen-bond donors (Lipinski definition) is 2. The predicted octanol–water partition coefficient (Wildman–Crippen LogP) is 2.57. The molecule has 0 aliphatic carbocycles. The molecular weight excluding hydrogens is 393 g/mol. The highest BCUT2D eigenvalue weighted by molar-refractivity contribution is 6.31. The van der Waals surface area contributed by atoms with Crippen LogP contribution in [-0.2, 0) is 16.1 Å². The highest BCUT2D eigenvalue weighted by Crippen LogP contribution is 2.44. The minimum atomic E-state index is -1.30. The molecule has 28 heavy (non-hydrogen) atoms. The average Bonchev–Trinajstić information content (AvgIpc) is 2.61. The second kappa shape index (κ2) is 7.65. The molecular formula is C19H17ClFNO6. The first-order chi connectivity index (χ1) is 13.2. The predicted molar refractivity (Wildman–Crippen MR) is 97.2 cm³/mol. The van der Waals surface area contributed by atoms with Gasteiger partial charge in [-0.2, -0.15) is 0 Å². The van der Waals surface area contributed by atoms with E-state index in [1.165, 1.54) is 12.1 Å². The zero-order valence-electron chi connectivity index (χ0n) is 15.0. The van der Waals surface area contributed by atoms with Crippen LogP contribution in [0.5, 0.6) is 5.75 Å². The molecule has 0 radical (unpaired) electrons. The lowest BCUT2D eigenvalue weighted by Crippen LogP contribution is -2.31. The molecule has 9 heteroatoms. The number of ether oxygens (including phenoxy) is 2. The number of benzene rings is 1. The van der Waals surface area contributed by atoms with Gasteiger partial charge in [-0.25, -0.2) is 9.18 Å². The SMILES string of the molecule is CC(C)OC(=O)C1=C(N)Oc2c(oc(CO)cc2=O)[C@@H]1c1c(F)cccc1Cl. The summed E-state index contributed by atoms with van der Waals surface area (Å²) in [6.07, 6.45) is -0.498. The lowest BCUT2D eigenvalue weighted by atomic mass is 9.86. The molecule has 0 fully saturated rings. The lowest BCUT2D eigenvalue weighted by Gasteiger charge is -2.28. The van der Waals surface area contributed by atoms with E-state index in [4.69, 9.17) is 31.2 Å². The Morgan fingerprint density at radius 1 is 1.43 bits per heavy atom. The van der Waals surface area contributed by atoms with E-state index in [1.54, 1.807) is 13.8 Å². The number of rotatable bonds is 4. The van der Waals surface area contributed by atoms with Gasteiger partial charge in [-0.15, -0.1) is 0 Å². The third kappa shape index (κ3) is 3.48. The number of hydrogen-bond acceptors (Lipinski definition) is 7. The van der Waals surface area contributed by atoms with E-state index in [0.29, 0.717) is 0 Å².